The molecule has 1 N–H and O–H groups in total. The molecule has 20 heavy (non-hydrogen) atoms. The molecule has 110 valence electrons. The third-order valence-corrected chi connectivity index (χ3v) is 3.91. The molecule has 1 saturated carbocycles. The lowest BCUT2D eigenvalue weighted by Gasteiger charge is -2.24. The summed E-state index contributed by atoms with van der Waals surface area (Å²) in [6.07, 6.45) is 7.44. The number of hydrogen-bond donors (Lipinski definition) is 1. The van der Waals surface area contributed by atoms with Gasteiger partial charge < -0.3 is 4.74 Å². The molecule has 1 aromatic carbocycles. The Kier molecular flexibility index (Phi) is 6.06. The number of benzene rings is 1. The van der Waals surface area contributed by atoms with Gasteiger partial charge in [-0.1, -0.05) is 56.0 Å². The van der Waals surface area contributed by atoms with E-state index in [0.29, 0.717) is 12.6 Å². The van der Waals surface area contributed by atoms with Crippen molar-refractivity contribution in [2.24, 2.45) is 0 Å². The van der Waals surface area contributed by atoms with Crippen LogP contribution in [0, 0.1) is 0 Å². The molecule has 3 heteroatoms. The van der Waals surface area contributed by atoms with E-state index in [-0.39, 0.29) is 12.0 Å². The number of carbonyl (C=O) groups excluding carboxylic acids is 1. The number of carbonyl (C=O) groups is 1. The third kappa shape index (κ3) is 4.34. The summed E-state index contributed by atoms with van der Waals surface area (Å²) in [7, 11) is 0. The Bertz CT molecular complexity index is 397. The molecular formula is C17H25NO2. The summed E-state index contributed by atoms with van der Waals surface area (Å²) in [5, 5.41) is 3.52. The predicted molar refractivity (Wildman–Crippen MR) is 80.4 cm³/mol. The molecule has 1 aliphatic rings. The molecule has 0 saturated heterocycles. The number of ether oxygens (including phenoxy) is 1. The van der Waals surface area contributed by atoms with E-state index in [9.17, 15) is 4.79 Å². The van der Waals surface area contributed by atoms with E-state index in [1.54, 1.807) is 0 Å². The normalized spacial score (nSPS) is 18.2. The molecule has 0 aliphatic heterocycles. The first-order valence-electron chi connectivity index (χ1n) is 7.79. The van der Waals surface area contributed by atoms with Gasteiger partial charge in [-0.25, -0.2) is 4.79 Å². The minimum absolute atomic E-state index is 0.164. The molecule has 1 aliphatic carbocycles. The lowest BCUT2D eigenvalue weighted by atomic mass is 10.0. The van der Waals surface area contributed by atoms with E-state index in [1.807, 2.05) is 37.3 Å². The summed E-state index contributed by atoms with van der Waals surface area (Å²) in [5.74, 6) is -0.164. The minimum atomic E-state index is -0.334. The summed E-state index contributed by atoms with van der Waals surface area (Å²) < 4.78 is 5.23. The number of nitrogens with one attached hydrogen (secondary N) is 1. The Hall–Kier alpha value is -1.35. The molecule has 1 unspecified atom stereocenters. The van der Waals surface area contributed by atoms with Crippen molar-refractivity contribution in [2.45, 2.75) is 57.5 Å². The van der Waals surface area contributed by atoms with Gasteiger partial charge in [-0.05, 0) is 25.3 Å². The van der Waals surface area contributed by atoms with Crippen LogP contribution in [-0.4, -0.2) is 18.6 Å². The molecule has 3 nitrogen and oxygen atoms in total. The number of hydrogen-bond acceptors (Lipinski definition) is 3. The Morgan fingerprint density at radius 2 is 1.85 bits per heavy atom. The van der Waals surface area contributed by atoms with Gasteiger partial charge in [0.05, 0.1) is 6.61 Å². The van der Waals surface area contributed by atoms with E-state index < -0.39 is 0 Å². The summed E-state index contributed by atoms with van der Waals surface area (Å²) in [6.45, 7) is 2.28. The van der Waals surface area contributed by atoms with Crippen LogP contribution in [0.2, 0.25) is 0 Å². The monoisotopic (exact) mass is 275 g/mol. The van der Waals surface area contributed by atoms with Gasteiger partial charge in [-0.15, -0.1) is 0 Å². The Morgan fingerprint density at radius 3 is 2.45 bits per heavy atom. The molecular weight excluding hydrogens is 250 g/mol. The number of esters is 1. The molecule has 0 radical (unpaired) electrons. The van der Waals surface area contributed by atoms with Crippen molar-refractivity contribution in [2.75, 3.05) is 6.61 Å². The highest BCUT2D eigenvalue weighted by atomic mass is 16.5. The lowest BCUT2D eigenvalue weighted by molar-refractivity contribution is -0.146. The molecule has 0 heterocycles. The Labute approximate surface area is 121 Å². The van der Waals surface area contributed by atoms with Gasteiger partial charge in [0.1, 0.15) is 6.04 Å². The molecule has 2 rings (SSSR count). The minimum Gasteiger partial charge on any atom is -0.465 e. The molecule has 0 aromatic heterocycles. The van der Waals surface area contributed by atoms with E-state index >= 15 is 0 Å². The van der Waals surface area contributed by atoms with E-state index in [2.05, 4.69) is 5.32 Å². The second-order valence-corrected chi connectivity index (χ2v) is 5.45. The summed E-state index contributed by atoms with van der Waals surface area (Å²) >= 11 is 0. The fourth-order valence-corrected chi connectivity index (χ4v) is 2.85. The fraction of sp³-hybridized carbons (Fsp3) is 0.588. The maximum absolute atomic E-state index is 12.2. The van der Waals surface area contributed by atoms with Crippen molar-refractivity contribution in [1.82, 2.24) is 5.32 Å². The van der Waals surface area contributed by atoms with Gasteiger partial charge in [0.25, 0.3) is 0 Å². The average Bonchev–Trinajstić information content (AvgIpc) is 2.74. The first-order chi connectivity index (χ1) is 9.81. The molecule has 1 atom stereocenters. The van der Waals surface area contributed by atoms with Crippen LogP contribution < -0.4 is 5.32 Å². The van der Waals surface area contributed by atoms with Crippen molar-refractivity contribution in [3.63, 3.8) is 0 Å². The van der Waals surface area contributed by atoms with Crippen LogP contribution in [0.4, 0.5) is 0 Å². The van der Waals surface area contributed by atoms with Crippen molar-refractivity contribution in [3.8, 4) is 0 Å². The van der Waals surface area contributed by atoms with Crippen LogP contribution in [-0.2, 0) is 9.53 Å². The van der Waals surface area contributed by atoms with Gasteiger partial charge in [0.15, 0.2) is 0 Å². The standard InChI is InChI=1S/C17H25NO2/c1-2-20-17(19)16(14-10-6-5-7-11-14)18-15-12-8-3-4-9-13-15/h5-7,10-11,15-16,18H,2-4,8-9,12-13H2,1H3. The highest BCUT2D eigenvalue weighted by molar-refractivity contribution is 5.77. The average molecular weight is 275 g/mol. The van der Waals surface area contributed by atoms with Crippen LogP contribution in [0.5, 0.6) is 0 Å². The zero-order chi connectivity index (χ0) is 14.2. The zero-order valence-corrected chi connectivity index (χ0v) is 12.3. The first kappa shape index (κ1) is 15.0. The number of rotatable bonds is 5. The van der Waals surface area contributed by atoms with Crippen molar-refractivity contribution >= 4 is 5.97 Å². The maximum atomic E-state index is 12.2. The lowest BCUT2D eigenvalue weighted by Crippen LogP contribution is -2.37. The summed E-state index contributed by atoms with van der Waals surface area (Å²) in [5.41, 5.74) is 0.996. The SMILES string of the molecule is CCOC(=O)C(NC1CCCCCC1)c1ccccc1. The second-order valence-electron chi connectivity index (χ2n) is 5.45. The molecule has 1 fully saturated rings. The van der Waals surface area contributed by atoms with E-state index in [1.165, 1.54) is 25.7 Å². The van der Waals surface area contributed by atoms with Gasteiger partial charge >= 0.3 is 5.97 Å². The highest BCUT2D eigenvalue weighted by Gasteiger charge is 2.25. The van der Waals surface area contributed by atoms with E-state index in [4.69, 9.17) is 4.74 Å². The summed E-state index contributed by atoms with van der Waals surface area (Å²) in [6, 6.07) is 9.98. The third-order valence-electron chi connectivity index (χ3n) is 3.91. The van der Waals surface area contributed by atoms with Gasteiger partial charge in [0, 0.05) is 6.04 Å². The quantitative estimate of drug-likeness (QED) is 0.659. The molecule has 0 amide bonds. The maximum Gasteiger partial charge on any atom is 0.327 e. The molecule has 1 aromatic rings. The topological polar surface area (TPSA) is 38.3 Å². The van der Waals surface area contributed by atoms with Gasteiger partial charge in [0.2, 0.25) is 0 Å². The Morgan fingerprint density at radius 1 is 1.20 bits per heavy atom. The van der Waals surface area contributed by atoms with Crippen LogP contribution >= 0.6 is 0 Å². The highest BCUT2D eigenvalue weighted by Crippen LogP contribution is 2.22. The molecule has 0 spiro atoms. The van der Waals surface area contributed by atoms with Gasteiger partial charge in [-0.3, -0.25) is 5.32 Å². The van der Waals surface area contributed by atoms with Gasteiger partial charge in [-0.2, -0.15) is 0 Å². The smallest absolute Gasteiger partial charge is 0.327 e. The largest absolute Gasteiger partial charge is 0.465 e. The van der Waals surface area contributed by atoms with Crippen LogP contribution in [0.3, 0.4) is 0 Å². The van der Waals surface area contributed by atoms with Crippen molar-refractivity contribution in [1.29, 1.82) is 0 Å². The predicted octanol–water partition coefficient (Wildman–Crippen LogP) is 3.60. The zero-order valence-electron chi connectivity index (χ0n) is 12.3. The fourth-order valence-electron chi connectivity index (χ4n) is 2.85. The van der Waals surface area contributed by atoms with Crippen LogP contribution in [0.25, 0.3) is 0 Å². The summed E-state index contributed by atoms with van der Waals surface area (Å²) in [4.78, 5) is 12.2. The van der Waals surface area contributed by atoms with Crippen molar-refractivity contribution in [3.05, 3.63) is 35.9 Å². The first-order valence-corrected chi connectivity index (χ1v) is 7.79. The Balaban J connectivity index is 2.07. The second kappa shape index (κ2) is 8.05. The van der Waals surface area contributed by atoms with Crippen LogP contribution in [0.15, 0.2) is 30.3 Å². The van der Waals surface area contributed by atoms with E-state index in [0.717, 1.165) is 18.4 Å². The molecule has 0 bridgehead atoms. The van der Waals surface area contributed by atoms with Crippen LogP contribution in [0.1, 0.15) is 57.1 Å². The van der Waals surface area contributed by atoms with Crippen molar-refractivity contribution < 1.29 is 9.53 Å².